The van der Waals surface area contributed by atoms with Crippen molar-refractivity contribution in [2.24, 2.45) is 5.73 Å². The standard InChI is InChI=1S/C19H24N4O3S/c1-12-4-5-13(23-18(24)15(20)7-9-27-3)10-17(12)26-14-6-8-22-16(11-14)19(25)21-2/h4-6,8,10-11,15H,7,9,20H2,1-3H3,(H,21,25)(H,23,24)/t15-/m0/s1. The van der Waals surface area contributed by atoms with E-state index in [0.29, 0.717) is 23.6 Å². The highest BCUT2D eigenvalue weighted by molar-refractivity contribution is 7.98. The number of aryl methyl sites for hydroxylation is 1. The van der Waals surface area contributed by atoms with Crippen molar-refractivity contribution in [1.29, 1.82) is 0 Å². The molecule has 7 nitrogen and oxygen atoms in total. The minimum absolute atomic E-state index is 0.232. The maximum atomic E-state index is 12.2. The Balaban J connectivity index is 2.13. The summed E-state index contributed by atoms with van der Waals surface area (Å²) in [6.45, 7) is 1.89. The number of nitrogens with two attached hydrogens (primary N) is 1. The van der Waals surface area contributed by atoms with Crippen LogP contribution in [0.4, 0.5) is 5.69 Å². The molecule has 0 radical (unpaired) electrons. The maximum absolute atomic E-state index is 12.2. The van der Waals surface area contributed by atoms with E-state index in [4.69, 9.17) is 10.5 Å². The molecular weight excluding hydrogens is 364 g/mol. The first-order valence-corrected chi connectivity index (χ1v) is 9.86. The molecule has 1 aromatic carbocycles. The summed E-state index contributed by atoms with van der Waals surface area (Å²) in [5, 5.41) is 5.33. The Morgan fingerprint density at radius 1 is 1.30 bits per heavy atom. The van der Waals surface area contributed by atoms with Gasteiger partial charge in [0.15, 0.2) is 0 Å². The Morgan fingerprint density at radius 3 is 2.78 bits per heavy atom. The lowest BCUT2D eigenvalue weighted by Crippen LogP contribution is -2.36. The number of nitrogens with one attached hydrogen (secondary N) is 2. The minimum Gasteiger partial charge on any atom is -0.457 e. The molecule has 2 amide bonds. The number of amides is 2. The molecule has 0 aliphatic rings. The van der Waals surface area contributed by atoms with E-state index in [9.17, 15) is 9.59 Å². The third kappa shape index (κ3) is 5.97. The van der Waals surface area contributed by atoms with Gasteiger partial charge in [-0.25, -0.2) is 0 Å². The van der Waals surface area contributed by atoms with Crippen LogP contribution >= 0.6 is 11.8 Å². The van der Waals surface area contributed by atoms with Crippen molar-refractivity contribution >= 4 is 29.3 Å². The van der Waals surface area contributed by atoms with E-state index in [1.807, 2.05) is 19.2 Å². The third-order valence-corrected chi connectivity index (χ3v) is 4.49. The van der Waals surface area contributed by atoms with Gasteiger partial charge in [-0.05, 0) is 43.0 Å². The number of rotatable bonds is 8. The maximum Gasteiger partial charge on any atom is 0.269 e. The number of aromatic nitrogens is 1. The van der Waals surface area contributed by atoms with E-state index in [2.05, 4.69) is 15.6 Å². The Kier molecular flexibility index (Phi) is 7.63. The van der Waals surface area contributed by atoms with Gasteiger partial charge in [0.2, 0.25) is 5.91 Å². The molecule has 0 unspecified atom stereocenters. The number of anilines is 1. The molecule has 4 N–H and O–H groups in total. The molecule has 2 rings (SSSR count). The number of nitrogens with zero attached hydrogens (tertiary/aromatic N) is 1. The average molecular weight is 388 g/mol. The van der Waals surface area contributed by atoms with Crippen LogP contribution in [0.15, 0.2) is 36.5 Å². The fraction of sp³-hybridized carbons (Fsp3) is 0.316. The van der Waals surface area contributed by atoms with Crippen LogP contribution in [0.3, 0.4) is 0 Å². The van der Waals surface area contributed by atoms with Crippen molar-refractivity contribution in [3.05, 3.63) is 47.8 Å². The molecule has 1 aromatic heterocycles. The lowest BCUT2D eigenvalue weighted by atomic mass is 10.2. The van der Waals surface area contributed by atoms with Crippen molar-refractivity contribution in [2.75, 3.05) is 24.4 Å². The fourth-order valence-corrected chi connectivity index (χ4v) is 2.74. The Bertz CT molecular complexity index is 813. The zero-order valence-electron chi connectivity index (χ0n) is 15.6. The van der Waals surface area contributed by atoms with Gasteiger partial charge < -0.3 is 21.1 Å². The van der Waals surface area contributed by atoms with Gasteiger partial charge in [0, 0.05) is 31.1 Å². The fourth-order valence-electron chi connectivity index (χ4n) is 2.25. The third-order valence-electron chi connectivity index (χ3n) is 3.84. The Morgan fingerprint density at radius 2 is 2.07 bits per heavy atom. The Labute approximate surface area is 163 Å². The number of ether oxygens (including phenoxy) is 1. The van der Waals surface area contributed by atoms with E-state index in [1.54, 1.807) is 36.0 Å². The number of carbonyl (C=O) groups is 2. The summed E-state index contributed by atoms with van der Waals surface area (Å²) in [7, 11) is 1.54. The second-order valence-electron chi connectivity index (χ2n) is 5.92. The highest BCUT2D eigenvalue weighted by Crippen LogP contribution is 2.28. The van der Waals surface area contributed by atoms with Gasteiger partial charge in [-0.2, -0.15) is 11.8 Å². The van der Waals surface area contributed by atoms with E-state index in [0.717, 1.165) is 11.3 Å². The number of hydrogen-bond donors (Lipinski definition) is 3. The molecule has 8 heteroatoms. The second kappa shape index (κ2) is 9.94. The molecule has 1 heterocycles. The SMILES string of the molecule is CNC(=O)c1cc(Oc2cc(NC(=O)[C@@H](N)CCSC)ccc2C)ccn1. The highest BCUT2D eigenvalue weighted by Gasteiger charge is 2.14. The molecule has 2 aromatic rings. The van der Waals surface area contributed by atoms with Gasteiger partial charge in [0.05, 0.1) is 6.04 Å². The Hall–Kier alpha value is -2.58. The van der Waals surface area contributed by atoms with Crippen LogP contribution < -0.4 is 21.1 Å². The molecule has 0 fully saturated rings. The first-order valence-electron chi connectivity index (χ1n) is 8.46. The van der Waals surface area contributed by atoms with E-state index in [-0.39, 0.29) is 17.5 Å². The molecule has 0 saturated carbocycles. The van der Waals surface area contributed by atoms with Crippen LogP contribution in [0.25, 0.3) is 0 Å². The summed E-state index contributed by atoms with van der Waals surface area (Å²) in [6, 6.07) is 8.04. The van der Waals surface area contributed by atoms with Gasteiger partial charge in [0.1, 0.15) is 17.2 Å². The van der Waals surface area contributed by atoms with Crippen molar-refractivity contribution in [2.45, 2.75) is 19.4 Å². The van der Waals surface area contributed by atoms with Gasteiger partial charge in [-0.3, -0.25) is 14.6 Å². The molecule has 27 heavy (non-hydrogen) atoms. The molecule has 0 aliphatic carbocycles. The van der Waals surface area contributed by atoms with Crippen LogP contribution in [0, 0.1) is 6.92 Å². The molecule has 144 valence electrons. The van der Waals surface area contributed by atoms with Crippen LogP contribution in [-0.4, -0.2) is 41.9 Å². The normalized spacial score (nSPS) is 11.6. The van der Waals surface area contributed by atoms with Gasteiger partial charge in [-0.1, -0.05) is 6.07 Å². The summed E-state index contributed by atoms with van der Waals surface area (Å²) in [6.07, 6.45) is 4.09. The van der Waals surface area contributed by atoms with Crippen molar-refractivity contribution in [3.63, 3.8) is 0 Å². The van der Waals surface area contributed by atoms with Crippen LogP contribution in [0.1, 0.15) is 22.5 Å². The zero-order valence-corrected chi connectivity index (χ0v) is 16.4. The smallest absolute Gasteiger partial charge is 0.269 e. The predicted molar refractivity (Wildman–Crippen MR) is 108 cm³/mol. The van der Waals surface area contributed by atoms with Crippen molar-refractivity contribution in [1.82, 2.24) is 10.3 Å². The van der Waals surface area contributed by atoms with Crippen LogP contribution in [0.2, 0.25) is 0 Å². The largest absolute Gasteiger partial charge is 0.457 e. The summed E-state index contributed by atoms with van der Waals surface area (Å²) < 4.78 is 5.89. The lowest BCUT2D eigenvalue weighted by molar-refractivity contribution is -0.117. The predicted octanol–water partition coefficient (Wildman–Crippen LogP) is 2.56. The topological polar surface area (TPSA) is 106 Å². The molecule has 1 atom stereocenters. The highest BCUT2D eigenvalue weighted by atomic mass is 32.2. The number of hydrogen-bond acceptors (Lipinski definition) is 6. The lowest BCUT2D eigenvalue weighted by Gasteiger charge is -2.14. The molecular formula is C19H24N4O3S. The van der Waals surface area contributed by atoms with Crippen LogP contribution in [-0.2, 0) is 4.79 Å². The summed E-state index contributed by atoms with van der Waals surface area (Å²) in [4.78, 5) is 27.9. The zero-order chi connectivity index (χ0) is 19.8. The van der Waals surface area contributed by atoms with Crippen LogP contribution in [0.5, 0.6) is 11.5 Å². The van der Waals surface area contributed by atoms with E-state index >= 15 is 0 Å². The number of benzene rings is 1. The monoisotopic (exact) mass is 388 g/mol. The van der Waals surface area contributed by atoms with E-state index in [1.165, 1.54) is 13.2 Å². The van der Waals surface area contributed by atoms with Crippen molar-refractivity contribution < 1.29 is 14.3 Å². The van der Waals surface area contributed by atoms with Gasteiger partial charge >= 0.3 is 0 Å². The first kappa shape index (κ1) is 20.7. The molecule has 0 bridgehead atoms. The first-order chi connectivity index (χ1) is 12.9. The summed E-state index contributed by atoms with van der Waals surface area (Å²) in [5.41, 5.74) is 7.65. The number of carbonyl (C=O) groups excluding carboxylic acids is 2. The summed E-state index contributed by atoms with van der Waals surface area (Å²) in [5.74, 6) is 1.35. The van der Waals surface area contributed by atoms with Gasteiger partial charge in [-0.15, -0.1) is 0 Å². The molecule has 0 aliphatic heterocycles. The quantitative estimate of drug-likeness (QED) is 0.642. The van der Waals surface area contributed by atoms with Crippen molar-refractivity contribution in [3.8, 4) is 11.5 Å². The second-order valence-corrected chi connectivity index (χ2v) is 6.90. The van der Waals surface area contributed by atoms with E-state index < -0.39 is 6.04 Å². The van der Waals surface area contributed by atoms with Gasteiger partial charge in [0.25, 0.3) is 5.91 Å². The number of thioether (sulfide) groups is 1. The molecule has 0 saturated heterocycles. The average Bonchev–Trinajstić information content (AvgIpc) is 2.68. The molecule has 0 spiro atoms. The minimum atomic E-state index is -0.557. The summed E-state index contributed by atoms with van der Waals surface area (Å²) >= 11 is 1.65. The number of pyridine rings is 1.